The van der Waals surface area contributed by atoms with Gasteiger partial charge in [0.2, 0.25) is 0 Å². The first kappa shape index (κ1) is 12.3. The van der Waals surface area contributed by atoms with Gasteiger partial charge in [-0.1, -0.05) is 25.0 Å². The maximum Gasteiger partial charge on any atom is 0.118 e. The predicted molar refractivity (Wildman–Crippen MR) is 75.5 cm³/mol. The van der Waals surface area contributed by atoms with E-state index in [0.717, 1.165) is 12.3 Å². The highest BCUT2D eigenvalue weighted by Crippen LogP contribution is 2.33. The van der Waals surface area contributed by atoms with E-state index in [9.17, 15) is 0 Å². The maximum atomic E-state index is 5.19. The van der Waals surface area contributed by atoms with Crippen LogP contribution in [-0.4, -0.2) is 16.7 Å². The van der Waals surface area contributed by atoms with Crippen LogP contribution in [0.4, 0.5) is 0 Å². The topological polar surface area (TPSA) is 27.1 Å². The Bertz CT molecular complexity index is 524. The number of ether oxygens (including phenoxy) is 1. The van der Waals surface area contributed by atoms with Crippen LogP contribution >= 0.6 is 0 Å². The molecule has 1 saturated carbocycles. The Hall–Kier alpha value is -1.77. The van der Waals surface area contributed by atoms with Crippen molar-refractivity contribution in [3.8, 4) is 5.75 Å². The number of rotatable bonds is 4. The van der Waals surface area contributed by atoms with Crippen LogP contribution in [0.1, 0.15) is 43.0 Å². The summed E-state index contributed by atoms with van der Waals surface area (Å²) in [4.78, 5) is 4.57. The van der Waals surface area contributed by atoms with Crippen LogP contribution in [0, 0.1) is 0 Å². The molecule has 1 aliphatic carbocycles. The minimum absolute atomic E-state index is 0.660. The molecule has 3 nitrogen and oxygen atoms in total. The van der Waals surface area contributed by atoms with Crippen molar-refractivity contribution in [3.05, 3.63) is 48.0 Å². The van der Waals surface area contributed by atoms with E-state index >= 15 is 0 Å². The van der Waals surface area contributed by atoms with Crippen molar-refractivity contribution in [2.24, 2.45) is 0 Å². The van der Waals surface area contributed by atoms with Crippen molar-refractivity contribution < 1.29 is 4.74 Å². The zero-order valence-electron chi connectivity index (χ0n) is 11.4. The van der Waals surface area contributed by atoms with E-state index in [4.69, 9.17) is 4.74 Å². The summed E-state index contributed by atoms with van der Waals surface area (Å²) >= 11 is 0. The molecule has 2 aromatic rings. The molecule has 0 N–H and O–H groups in total. The van der Waals surface area contributed by atoms with Gasteiger partial charge in [0, 0.05) is 24.9 Å². The number of benzene rings is 1. The second kappa shape index (κ2) is 5.47. The fourth-order valence-electron chi connectivity index (χ4n) is 2.93. The van der Waals surface area contributed by atoms with Crippen LogP contribution < -0.4 is 4.74 Å². The third-order valence-corrected chi connectivity index (χ3v) is 3.98. The molecule has 0 aliphatic heterocycles. The largest absolute Gasteiger partial charge is 0.497 e. The monoisotopic (exact) mass is 256 g/mol. The third kappa shape index (κ3) is 2.65. The fourth-order valence-corrected chi connectivity index (χ4v) is 2.93. The van der Waals surface area contributed by atoms with Gasteiger partial charge < -0.3 is 9.30 Å². The number of aromatic nitrogens is 2. The first-order chi connectivity index (χ1) is 9.36. The summed E-state index contributed by atoms with van der Waals surface area (Å²) in [7, 11) is 1.70. The van der Waals surface area contributed by atoms with Crippen LogP contribution in [0.5, 0.6) is 5.75 Å². The SMILES string of the molecule is COc1ccc(Cn2ccnc2C2CCCC2)cc1. The highest BCUT2D eigenvalue weighted by atomic mass is 16.5. The van der Waals surface area contributed by atoms with E-state index in [1.807, 2.05) is 18.3 Å². The van der Waals surface area contributed by atoms with Gasteiger partial charge in [0.05, 0.1) is 7.11 Å². The zero-order valence-corrected chi connectivity index (χ0v) is 11.4. The van der Waals surface area contributed by atoms with Crippen LogP contribution in [0.2, 0.25) is 0 Å². The van der Waals surface area contributed by atoms with Gasteiger partial charge in [0.15, 0.2) is 0 Å². The van der Waals surface area contributed by atoms with Crippen molar-refractivity contribution in [2.45, 2.75) is 38.1 Å². The Morgan fingerprint density at radius 1 is 1.21 bits per heavy atom. The van der Waals surface area contributed by atoms with E-state index in [0.29, 0.717) is 5.92 Å². The Morgan fingerprint density at radius 3 is 2.63 bits per heavy atom. The summed E-state index contributed by atoms with van der Waals surface area (Å²) < 4.78 is 7.48. The standard InChI is InChI=1S/C16H20N2O/c1-19-15-8-6-13(7-9-15)12-18-11-10-17-16(18)14-4-2-3-5-14/h6-11,14H,2-5,12H2,1H3. The highest BCUT2D eigenvalue weighted by Gasteiger charge is 2.21. The molecule has 1 aromatic heterocycles. The highest BCUT2D eigenvalue weighted by molar-refractivity contribution is 5.27. The minimum atomic E-state index is 0.660. The molecule has 1 heterocycles. The third-order valence-electron chi connectivity index (χ3n) is 3.98. The summed E-state index contributed by atoms with van der Waals surface area (Å²) in [5.41, 5.74) is 1.29. The van der Waals surface area contributed by atoms with Gasteiger partial charge >= 0.3 is 0 Å². The molecule has 1 aromatic carbocycles. The lowest BCUT2D eigenvalue weighted by Gasteiger charge is -2.13. The smallest absolute Gasteiger partial charge is 0.118 e. The molecule has 3 heteroatoms. The van der Waals surface area contributed by atoms with E-state index in [1.54, 1.807) is 7.11 Å². The van der Waals surface area contributed by atoms with Crippen molar-refractivity contribution in [2.75, 3.05) is 7.11 Å². The van der Waals surface area contributed by atoms with E-state index in [-0.39, 0.29) is 0 Å². The number of hydrogen-bond acceptors (Lipinski definition) is 2. The number of hydrogen-bond donors (Lipinski definition) is 0. The van der Waals surface area contributed by atoms with Gasteiger partial charge in [0.25, 0.3) is 0 Å². The van der Waals surface area contributed by atoms with Crippen LogP contribution in [-0.2, 0) is 6.54 Å². The van der Waals surface area contributed by atoms with Crippen LogP contribution in [0.25, 0.3) is 0 Å². The zero-order chi connectivity index (χ0) is 13.1. The molecule has 100 valence electrons. The van der Waals surface area contributed by atoms with E-state index in [2.05, 4.69) is 27.9 Å². The molecule has 1 aliphatic rings. The number of nitrogens with zero attached hydrogens (tertiary/aromatic N) is 2. The first-order valence-electron chi connectivity index (χ1n) is 7.01. The number of imidazole rings is 1. The van der Waals surface area contributed by atoms with Crippen molar-refractivity contribution in [1.29, 1.82) is 0 Å². The second-order valence-corrected chi connectivity index (χ2v) is 5.24. The van der Waals surface area contributed by atoms with Gasteiger partial charge in [-0.05, 0) is 30.5 Å². The van der Waals surface area contributed by atoms with E-state index in [1.165, 1.54) is 37.1 Å². The molecule has 0 atom stereocenters. The van der Waals surface area contributed by atoms with Crippen LogP contribution in [0.3, 0.4) is 0 Å². The quantitative estimate of drug-likeness (QED) is 0.835. The normalized spacial score (nSPS) is 15.8. The van der Waals surface area contributed by atoms with Crippen molar-refractivity contribution in [1.82, 2.24) is 9.55 Å². The Balaban J connectivity index is 1.77. The molecule has 0 amide bonds. The molecule has 0 saturated heterocycles. The summed E-state index contributed by atoms with van der Waals surface area (Å²) in [5.74, 6) is 2.83. The summed E-state index contributed by atoms with van der Waals surface area (Å²) in [6, 6.07) is 8.28. The second-order valence-electron chi connectivity index (χ2n) is 5.24. The molecule has 0 spiro atoms. The van der Waals surface area contributed by atoms with Gasteiger partial charge in [-0.3, -0.25) is 0 Å². The average molecular weight is 256 g/mol. The maximum absolute atomic E-state index is 5.19. The molecule has 1 fully saturated rings. The molecule has 3 rings (SSSR count). The van der Waals surface area contributed by atoms with Crippen LogP contribution in [0.15, 0.2) is 36.7 Å². The molecule has 19 heavy (non-hydrogen) atoms. The minimum Gasteiger partial charge on any atom is -0.497 e. The summed E-state index contributed by atoms with van der Waals surface area (Å²) in [6.45, 7) is 0.899. The fraction of sp³-hybridized carbons (Fsp3) is 0.438. The first-order valence-corrected chi connectivity index (χ1v) is 7.01. The molecular formula is C16H20N2O. The molecule has 0 radical (unpaired) electrons. The number of methoxy groups -OCH3 is 1. The lowest BCUT2D eigenvalue weighted by molar-refractivity contribution is 0.414. The van der Waals surface area contributed by atoms with E-state index < -0.39 is 0 Å². The van der Waals surface area contributed by atoms with Crippen molar-refractivity contribution >= 4 is 0 Å². The Labute approximate surface area is 114 Å². The van der Waals surface area contributed by atoms with Gasteiger partial charge in [-0.15, -0.1) is 0 Å². The predicted octanol–water partition coefficient (Wildman–Crippen LogP) is 3.60. The summed E-state index contributed by atoms with van der Waals surface area (Å²) in [5, 5.41) is 0. The van der Waals surface area contributed by atoms with Gasteiger partial charge in [0.1, 0.15) is 11.6 Å². The molecule has 0 bridgehead atoms. The van der Waals surface area contributed by atoms with Crippen molar-refractivity contribution in [3.63, 3.8) is 0 Å². The average Bonchev–Trinajstić information content (AvgIpc) is 3.10. The van der Waals surface area contributed by atoms with Gasteiger partial charge in [-0.25, -0.2) is 4.98 Å². The van der Waals surface area contributed by atoms with Gasteiger partial charge in [-0.2, -0.15) is 0 Å². The summed E-state index contributed by atoms with van der Waals surface area (Å²) in [6.07, 6.45) is 9.30. The lowest BCUT2D eigenvalue weighted by atomic mass is 10.1. The molecular weight excluding hydrogens is 236 g/mol. The Kier molecular flexibility index (Phi) is 3.53. The lowest BCUT2D eigenvalue weighted by Crippen LogP contribution is -2.07. The Morgan fingerprint density at radius 2 is 1.95 bits per heavy atom. The molecule has 0 unspecified atom stereocenters.